The summed E-state index contributed by atoms with van der Waals surface area (Å²) in [5.74, 6) is -31.8. The van der Waals surface area contributed by atoms with Gasteiger partial charge in [-0.1, -0.05) is 109 Å². The maximum atomic E-state index is 14.9. The molecule has 133 heavy (non-hydrogen) atoms. The average molecular weight is 1890 g/mol. The number of phenols is 2. The van der Waals surface area contributed by atoms with Crippen LogP contribution in [0.25, 0.3) is 0 Å². The van der Waals surface area contributed by atoms with Crippen molar-refractivity contribution in [2.75, 3.05) is 44.4 Å². The number of aliphatic hydroxyl groups is 4. The highest BCUT2D eigenvalue weighted by Crippen LogP contribution is 2.29. The van der Waals surface area contributed by atoms with E-state index in [1.165, 1.54) is 48.5 Å². The van der Waals surface area contributed by atoms with E-state index in [4.69, 9.17) is 5.73 Å². The van der Waals surface area contributed by atoms with Gasteiger partial charge in [0.25, 0.3) is 0 Å². The van der Waals surface area contributed by atoms with Crippen molar-refractivity contribution in [3.8, 4) is 11.5 Å². The number of amides is 9. The summed E-state index contributed by atoms with van der Waals surface area (Å²) in [5, 5.41) is 111. The van der Waals surface area contributed by atoms with Crippen LogP contribution >= 0.6 is 11.8 Å². The van der Waals surface area contributed by atoms with E-state index in [-0.39, 0.29) is 104 Å². The molecule has 0 spiro atoms. The van der Waals surface area contributed by atoms with Crippen molar-refractivity contribution in [1.29, 1.82) is 0 Å². The summed E-state index contributed by atoms with van der Waals surface area (Å²) in [6, 6.07) is 10.4. The second kappa shape index (κ2) is 57.9. The maximum Gasteiger partial charge on any atom is 0.304 e. The number of Topliss-reactive ketones (excluding diaryl/α,β-unsaturated/α-hetero) is 8. The monoisotopic (exact) mass is 1880 g/mol. The molecule has 0 bridgehead atoms. The molecule has 734 valence electrons. The number of phenolic OH excluding ortho intramolecular Hbond substituents is 2. The predicted octanol–water partition coefficient (Wildman–Crippen LogP) is 2.70. The van der Waals surface area contributed by atoms with E-state index < -0.39 is 298 Å². The number of aromatic hydroxyl groups is 2. The van der Waals surface area contributed by atoms with Gasteiger partial charge in [0, 0.05) is 94.0 Å². The summed E-state index contributed by atoms with van der Waals surface area (Å²) in [7, 11) is 0. The Morgan fingerprint density at radius 2 is 0.880 bits per heavy atom. The van der Waals surface area contributed by atoms with Crippen LogP contribution in [0.15, 0.2) is 78.9 Å². The number of unbranched alkanes of at least 4 members (excludes halogenated alkanes) is 1. The number of hydrogen-bond donors (Lipinski definition) is 17. The van der Waals surface area contributed by atoms with Gasteiger partial charge < -0.3 is 88.9 Å². The first-order valence-corrected chi connectivity index (χ1v) is 46.1. The maximum absolute atomic E-state index is 14.9. The Labute approximate surface area is 777 Å². The number of likely N-dealkylation sites (tertiary alicyclic amines) is 1. The summed E-state index contributed by atoms with van der Waals surface area (Å²) in [4.78, 5) is 274. The highest BCUT2D eigenvalue weighted by molar-refractivity contribution is 8.00. The minimum absolute atomic E-state index is 0.00848. The predicted molar refractivity (Wildman–Crippen MR) is 483 cm³/mol. The summed E-state index contributed by atoms with van der Waals surface area (Å²) >= 11 is 0.940. The van der Waals surface area contributed by atoms with E-state index in [2.05, 4.69) is 37.2 Å². The fourth-order valence-corrected chi connectivity index (χ4v) is 16.0. The molecule has 38 nitrogen and oxygen atoms in total. The van der Waals surface area contributed by atoms with E-state index in [0.717, 1.165) is 30.5 Å². The van der Waals surface area contributed by atoms with Crippen LogP contribution in [0.2, 0.25) is 0 Å². The van der Waals surface area contributed by atoms with Crippen molar-refractivity contribution in [3.05, 3.63) is 95.6 Å². The highest BCUT2D eigenvalue weighted by atomic mass is 32.2. The Bertz CT molecular complexity index is 4470. The number of carboxylic acids is 3. The van der Waals surface area contributed by atoms with Crippen LogP contribution in [-0.4, -0.2) is 261 Å². The summed E-state index contributed by atoms with van der Waals surface area (Å²) in [5.41, 5.74) is 6.76. The fourth-order valence-electron chi connectivity index (χ4n) is 15.2. The molecular formula is C94H133N9O29S. The first kappa shape index (κ1) is 114. The number of thioether (sulfide) groups is 1. The lowest BCUT2D eigenvalue weighted by Crippen LogP contribution is -2.52. The Hall–Kier alpha value is -11.4. The molecule has 0 aromatic heterocycles. The Morgan fingerprint density at radius 3 is 1.38 bits per heavy atom. The number of nitrogens with two attached hydrogens (primary N) is 1. The SMILES string of the molecule is CC[C@H](C)[C@H](NC(=O)[C@H](CO)CC(=O)[C@H](Cc1ccc(O)cc1)NC(=O)[C@H](CC(=O)O)CC(=O)[C@H](CO)NC(=O)[C@@H](CC(=O)[C@H](Cc1ccccc1)NC(=O)[C@@H](CC(=O)CNC(=O)[C@H](CCC(=O)O)CC(=O)CSCC(=O)CCCN1C(=O)[C@@H](C)[C@@H](C)C1=O)[C@@H](C)O)[C@@H](C)O)C(=O)C[C@@H](Cc1ccc(O)cc1)C(=O)N[C@@H](CC(C)C)C(=O)C[C@@H](CC(=O)O)C(=O)N[C@H](C)CCCCN. The summed E-state index contributed by atoms with van der Waals surface area (Å²) in [6.45, 7) is 11.5. The normalized spacial score (nSPS) is 16.8. The summed E-state index contributed by atoms with van der Waals surface area (Å²) in [6.07, 6.45) is -10.1. The minimum Gasteiger partial charge on any atom is -0.508 e. The number of rotatable bonds is 67. The third kappa shape index (κ3) is 40.1. The molecule has 9 amide bonds. The van der Waals surface area contributed by atoms with Crippen LogP contribution in [-0.2, 0) is 115 Å². The standard InChI is InChI=1S/C94H133N9O29S/c1-10-52(4)85(81(117)40-62(34-59-21-26-66(108)27-22-59)88(126)98-73(33-51(2)3)77(113)38-63(42-83(120)121)87(125)97-53(5)17-14-15-31-95)102-90(128)65(47-104)41-78(114)74(36-60-23-28-67(109)29-24-60)99-89(127)64(43-84(122)123)39-79(115)76(48-105)101-92(130)72(57(9)107)45-80(116)75(35-58-18-12-11-13-19-58)100-91(129)71(56(8)106)44-69(111)46-96-86(124)61(25-30-82(118)119)37-70(112)50-133-49-68(110)20-16-32-103-93(131)54(6)55(7)94(103)132/h11-13,18-19,21-24,26-29,51-57,61-65,71-76,85,104-109H,10,14-17,20,25,30-50,95H2,1-9H3,(H,96,124)(H,97,125)(H,98,126)(H,99,127)(H,100,129)(H,101,130)(H,102,128)(H,118,119)(H,120,121)(H,122,123)/t52-,53+,54-,55+,56+,57+,61+,62+,63-,64-,65-,71-,72-,73-,74-,75-,76-,85-/m0/s1. The van der Waals surface area contributed by atoms with Crippen molar-refractivity contribution in [3.63, 3.8) is 0 Å². The molecule has 18 atom stereocenters. The molecule has 1 heterocycles. The fraction of sp³-hybridized carbons (Fsp3) is 0.596. The van der Waals surface area contributed by atoms with Crippen molar-refractivity contribution < 1.29 is 142 Å². The molecule has 1 aliphatic rings. The zero-order valence-corrected chi connectivity index (χ0v) is 77.7. The van der Waals surface area contributed by atoms with Crippen molar-refractivity contribution >= 4 is 129 Å². The van der Waals surface area contributed by atoms with Crippen LogP contribution in [0.4, 0.5) is 0 Å². The van der Waals surface area contributed by atoms with Crippen molar-refractivity contribution in [2.45, 2.75) is 246 Å². The third-order valence-corrected chi connectivity index (χ3v) is 24.7. The number of aliphatic hydroxyl groups excluding tert-OH is 4. The van der Waals surface area contributed by atoms with Gasteiger partial charge in [0.05, 0.1) is 110 Å². The van der Waals surface area contributed by atoms with Crippen LogP contribution < -0.4 is 43.0 Å². The number of carbonyl (C=O) groups excluding carboxylic acids is 17. The molecule has 1 fully saturated rings. The van der Waals surface area contributed by atoms with E-state index in [0.29, 0.717) is 36.9 Å². The lowest BCUT2D eigenvalue weighted by Gasteiger charge is -2.28. The van der Waals surface area contributed by atoms with Crippen molar-refractivity contribution in [1.82, 2.24) is 42.1 Å². The second-order valence-electron chi connectivity index (χ2n) is 35.1. The average Bonchev–Trinajstić information content (AvgIpc) is 1.66. The van der Waals surface area contributed by atoms with Crippen LogP contribution in [0, 0.1) is 65.1 Å². The summed E-state index contributed by atoms with van der Waals surface area (Å²) < 4.78 is 0. The molecule has 39 heteroatoms. The lowest BCUT2D eigenvalue weighted by atomic mass is 9.85. The zero-order chi connectivity index (χ0) is 99.6. The third-order valence-electron chi connectivity index (χ3n) is 23.6. The molecule has 18 N–H and O–H groups in total. The number of nitrogens with one attached hydrogen (secondary N) is 7. The second-order valence-corrected chi connectivity index (χ2v) is 36.1. The van der Waals surface area contributed by atoms with Crippen LogP contribution in [0.1, 0.15) is 195 Å². The molecule has 0 radical (unpaired) electrons. The van der Waals surface area contributed by atoms with Crippen LogP contribution in [0.5, 0.6) is 11.5 Å². The van der Waals surface area contributed by atoms with Gasteiger partial charge in [-0.05, 0) is 131 Å². The zero-order valence-electron chi connectivity index (χ0n) is 76.9. The molecule has 0 aliphatic carbocycles. The molecule has 0 saturated carbocycles. The topological polar surface area (TPSA) is 637 Å². The number of carboxylic acid groups (broad SMARTS) is 3. The number of nitrogens with zero attached hydrogens (tertiary/aromatic N) is 1. The first-order valence-electron chi connectivity index (χ1n) is 45.0. The largest absolute Gasteiger partial charge is 0.508 e. The van der Waals surface area contributed by atoms with Gasteiger partial charge in [-0.15, -0.1) is 11.8 Å². The number of carbonyl (C=O) groups is 20. The molecular weight excluding hydrogens is 1750 g/mol. The van der Waals surface area contributed by atoms with E-state index >= 15 is 0 Å². The molecule has 0 unspecified atom stereocenters. The van der Waals surface area contributed by atoms with Crippen molar-refractivity contribution in [2.24, 2.45) is 70.8 Å². The van der Waals surface area contributed by atoms with Gasteiger partial charge in [-0.3, -0.25) is 101 Å². The molecule has 3 aromatic rings. The Kier molecular flexibility index (Phi) is 49.6. The van der Waals surface area contributed by atoms with Gasteiger partial charge in [-0.25, -0.2) is 0 Å². The van der Waals surface area contributed by atoms with E-state index in [9.17, 15) is 142 Å². The minimum atomic E-state index is -2.00. The van der Waals surface area contributed by atoms with Gasteiger partial charge in [0.15, 0.2) is 34.7 Å². The molecule has 4 rings (SSSR count). The highest BCUT2D eigenvalue weighted by Gasteiger charge is 2.44. The molecule has 3 aromatic carbocycles. The van der Waals surface area contributed by atoms with E-state index in [1.807, 2.05) is 0 Å². The van der Waals surface area contributed by atoms with E-state index in [1.54, 1.807) is 78.8 Å². The van der Waals surface area contributed by atoms with Gasteiger partial charge >= 0.3 is 17.9 Å². The number of ketones is 8. The van der Waals surface area contributed by atoms with Crippen LogP contribution in [0.3, 0.4) is 0 Å². The first-order chi connectivity index (χ1) is 62.7. The smallest absolute Gasteiger partial charge is 0.304 e. The number of aliphatic carboxylic acids is 3. The van der Waals surface area contributed by atoms with Gasteiger partial charge in [0.2, 0.25) is 53.2 Å². The van der Waals surface area contributed by atoms with Gasteiger partial charge in [-0.2, -0.15) is 0 Å². The lowest BCUT2D eigenvalue weighted by molar-refractivity contribution is -0.143. The molecule has 1 aliphatic heterocycles. The Balaban J connectivity index is 1.52. The van der Waals surface area contributed by atoms with Gasteiger partial charge in [0.1, 0.15) is 29.1 Å². The number of benzene rings is 3. The number of imide groups is 1. The number of hydrogen-bond acceptors (Lipinski definition) is 28. The molecule has 1 saturated heterocycles. The quantitative estimate of drug-likeness (QED) is 0.0285. The Morgan fingerprint density at radius 1 is 0.429 bits per heavy atom.